The number of hydrogen-bond acceptors (Lipinski definition) is 6. The lowest BCUT2D eigenvalue weighted by Gasteiger charge is -2.35. The van der Waals surface area contributed by atoms with Crippen molar-refractivity contribution >= 4 is 23.2 Å². The SMILES string of the molecule is CN=C(NCCn1cc([N+](=O)[O-])cn1)N1CCN(c2cnn(C)c2)C(=O)C1. The van der Waals surface area contributed by atoms with Crippen LogP contribution >= 0.6 is 0 Å². The lowest BCUT2D eigenvalue weighted by Crippen LogP contribution is -2.55. The molecule has 12 nitrogen and oxygen atoms in total. The maximum Gasteiger partial charge on any atom is 0.306 e. The standard InChI is InChI=1S/C15H21N9O3/c1-16-15(17-3-4-22-10-13(8-19-22)24(26)27)21-5-6-23(14(25)11-21)12-7-18-20(2)9-12/h7-10H,3-6,11H2,1-2H3,(H,16,17). The molecule has 1 N–H and O–H groups in total. The average Bonchev–Trinajstić information content (AvgIpc) is 3.28. The molecule has 0 atom stereocenters. The number of aliphatic imine (C=N–C) groups is 1. The number of rotatable bonds is 5. The van der Waals surface area contributed by atoms with Gasteiger partial charge in [0, 0.05) is 39.9 Å². The van der Waals surface area contributed by atoms with Crippen molar-refractivity contribution in [2.75, 3.05) is 38.1 Å². The summed E-state index contributed by atoms with van der Waals surface area (Å²) in [7, 11) is 3.46. The molecule has 0 radical (unpaired) electrons. The molecule has 144 valence electrons. The fourth-order valence-corrected chi connectivity index (χ4v) is 2.86. The van der Waals surface area contributed by atoms with Crippen molar-refractivity contribution < 1.29 is 9.72 Å². The Kier molecular flexibility index (Phi) is 5.33. The molecule has 0 saturated carbocycles. The number of nitrogens with one attached hydrogen (secondary N) is 1. The van der Waals surface area contributed by atoms with Crippen LogP contribution in [0.5, 0.6) is 0 Å². The second kappa shape index (κ2) is 7.85. The molecule has 0 aromatic carbocycles. The highest BCUT2D eigenvalue weighted by molar-refractivity contribution is 5.98. The Balaban J connectivity index is 1.52. The highest BCUT2D eigenvalue weighted by atomic mass is 16.6. The first kappa shape index (κ1) is 18.4. The summed E-state index contributed by atoms with van der Waals surface area (Å²) in [5, 5.41) is 21.9. The molecular formula is C15H21N9O3. The average molecular weight is 375 g/mol. The number of nitro groups is 1. The van der Waals surface area contributed by atoms with E-state index in [1.54, 1.807) is 22.8 Å². The van der Waals surface area contributed by atoms with E-state index in [0.717, 1.165) is 5.69 Å². The molecule has 0 aliphatic carbocycles. The first-order valence-electron chi connectivity index (χ1n) is 8.39. The number of nitrogens with zero attached hydrogens (tertiary/aromatic N) is 8. The van der Waals surface area contributed by atoms with Gasteiger partial charge in [0.05, 0.1) is 23.4 Å². The van der Waals surface area contributed by atoms with Gasteiger partial charge in [0.2, 0.25) is 5.91 Å². The molecule has 0 spiro atoms. The number of aromatic nitrogens is 4. The summed E-state index contributed by atoms with van der Waals surface area (Å²) in [6, 6.07) is 0. The van der Waals surface area contributed by atoms with E-state index in [9.17, 15) is 14.9 Å². The van der Waals surface area contributed by atoms with Crippen LogP contribution in [0.2, 0.25) is 0 Å². The number of carbonyl (C=O) groups is 1. The van der Waals surface area contributed by atoms with Crippen LogP contribution in [-0.4, -0.2) is 74.5 Å². The predicted molar refractivity (Wildman–Crippen MR) is 97.4 cm³/mol. The summed E-state index contributed by atoms with van der Waals surface area (Å²) >= 11 is 0. The molecule has 0 bridgehead atoms. The lowest BCUT2D eigenvalue weighted by atomic mass is 10.3. The second-order valence-electron chi connectivity index (χ2n) is 6.03. The topological polar surface area (TPSA) is 127 Å². The molecule has 1 amide bonds. The van der Waals surface area contributed by atoms with E-state index in [2.05, 4.69) is 20.5 Å². The van der Waals surface area contributed by atoms with Crippen LogP contribution in [0, 0.1) is 10.1 Å². The van der Waals surface area contributed by atoms with Crippen molar-refractivity contribution in [2.24, 2.45) is 12.0 Å². The zero-order valence-electron chi connectivity index (χ0n) is 15.1. The van der Waals surface area contributed by atoms with Crippen LogP contribution in [0.15, 0.2) is 29.8 Å². The molecule has 12 heteroatoms. The van der Waals surface area contributed by atoms with Crippen molar-refractivity contribution in [3.63, 3.8) is 0 Å². The summed E-state index contributed by atoms with van der Waals surface area (Å²) in [4.78, 5) is 30.5. The van der Waals surface area contributed by atoms with Crippen molar-refractivity contribution in [3.05, 3.63) is 34.9 Å². The molecule has 0 unspecified atom stereocenters. The number of hydrogen-bond donors (Lipinski definition) is 1. The number of guanidine groups is 1. The second-order valence-corrected chi connectivity index (χ2v) is 6.03. The number of carbonyl (C=O) groups excluding carboxylic acids is 1. The molecular weight excluding hydrogens is 354 g/mol. The molecule has 27 heavy (non-hydrogen) atoms. The highest BCUT2D eigenvalue weighted by Gasteiger charge is 2.27. The Morgan fingerprint density at radius 3 is 2.74 bits per heavy atom. The van der Waals surface area contributed by atoms with Crippen LogP contribution in [0.1, 0.15) is 0 Å². The summed E-state index contributed by atoms with van der Waals surface area (Å²) in [5.74, 6) is 0.579. The molecule has 3 rings (SSSR count). The fraction of sp³-hybridized carbons (Fsp3) is 0.467. The number of aryl methyl sites for hydroxylation is 1. The minimum Gasteiger partial charge on any atom is -0.354 e. The van der Waals surface area contributed by atoms with Gasteiger partial charge in [0.25, 0.3) is 0 Å². The number of amides is 1. The lowest BCUT2D eigenvalue weighted by molar-refractivity contribution is -0.385. The summed E-state index contributed by atoms with van der Waals surface area (Å²) in [5.41, 5.74) is 0.738. The van der Waals surface area contributed by atoms with Crippen molar-refractivity contribution in [3.8, 4) is 0 Å². The maximum absolute atomic E-state index is 12.5. The van der Waals surface area contributed by atoms with Gasteiger partial charge in [-0.25, -0.2) is 0 Å². The van der Waals surface area contributed by atoms with E-state index in [4.69, 9.17) is 0 Å². The van der Waals surface area contributed by atoms with Gasteiger partial charge in [0.15, 0.2) is 5.96 Å². The van der Waals surface area contributed by atoms with Gasteiger partial charge in [-0.1, -0.05) is 0 Å². The highest BCUT2D eigenvalue weighted by Crippen LogP contribution is 2.16. The first-order chi connectivity index (χ1) is 13.0. The zero-order valence-corrected chi connectivity index (χ0v) is 15.1. The quantitative estimate of drug-likeness (QED) is 0.321. The zero-order chi connectivity index (χ0) is 19.4. The van der Waals surface area contributed by atoms with Crippen LogP contribution in [0.4, 0.5) is 11.4 Å². The number of anilines is 1. The van der Waals surface area contributed by atoms with E-state index >= 15 is 0 Å². The molecule has 3 heterocycles. The van der Waals surface area contributed by atoms with Gasteiger partial charge in [-0.05, 0) is 0 Å². The Bertz CT molecular complexity index is 856. The third-order valence-electron chi connectivity index (χ3n) is 4.19. The third kappa shape index (κ3) is 4.22. The third-order valence-corrected chi connectivity index (χ3v) is 4.19. The molecule has 2 aromatic rings. The summed E-state index contributed by atoms with van der Waals surface area (Å²) in [6.45, 7) is 2.30. The van der Waals surface area contributed by atoms with Gasteiger partial charge >= 0.3 is 5.69 Å². The van der Waals surface area contributed by atoms with E-state index < -0.39 is 4.92 Å². The van der Waals surface area contributed by atoms with Gasteiger partial charge in [-0.3, -0.25) is 29.3 Å². The monoisotopic (exact) mass is 375 g/mol. The number of piperazine rings is 1. The maximum atomic E-state index is 12.5. The van der Waals surface area contributed by atoms with Crippen LogP contribution in [0.25, 0.3) is 0 Å². The Hall–Kier alpha value is -3.44. The Labute approximate surface area is 155 Å². The van der Waals surface area contributed by atoms with E-state index in [1.165, 1.54) is 17.1 Å². The van der Waals surface area contributed by atoms with Crippen molar-refractivity contribution in [1.82, 2.24) is 29.8 Å². The summed E-state index contributed by atoms with van der Waals surface area (Å²) < 4.78 is 3.15. The minimum absolute atomic E-state index is 0.0279. The van der Waals surface area contributed by atoms with E-state index in [-0.39, 0.29) is 18.1 Å². The molecule has 1 aliphatic rings. The first-order valence-corrected chi connectivity index (χ1v) is 8.39. The van der Waals surface area contributed by atoms with E-state index in [0.29, 0.717) is 32.1 Å². The molecule has 1 aliphatic heterocycles. The smallest absolute Gasteiger partial charge is 0.306 e. The van der Waals surface area contributed by atoms with Crippen molar-refractivity contribution in [2.45, 2.75) is 6.54 Å². The predicted octanol–water partition coefficient (Wildman–Crippen LogP) is -0.551. The molecule has 1 fully saturated rings. The van der Waals surface area contributed by atoms with Gasteiger partial charge < -0.3 is 15.1 Å². The van der Waals surface area contributed by atoms with Gasteiger partial charge in [-0.2, -0.15) is 10.2 Å². The minimum atomic E-state index is -0.483. The van der Waals surface area contributed by atoms with Gasteiger partial charge in [0.1, 0.15) is 18.9 Å². The van der Waals surface area contributed by atoms with Crippen LogP contribution in [-0.2, 0) is 18.4 Å². The van der Waals surface area contributed by atoms with Crippen LogP contribution in [0.3, 0.4) is 0 Å². The largest absolute Gasteiger partial charge is 0.354 e. The Morgan fingerprint density at radius 1 is 1.33 bits per heavy atom. The normalized spacial score (nSPS) is 15.3. The molecule has 1 saturated heterocycles. The van der Waals surface area contributed by atoms with E-state index in [1.807, 2.05) is 18.1 Å². The summed E-state index contributed by atoms with van der Waals surface area (Å²) in [6.07, 6.45) is 6.07. The van der Waals surface area contributed by atoms with Gasteiger partial charge in [-0.15, -0.1) is 0 Å². The fourth-order valence-electron chi connectivity index (χ4n) is 2.86. The van der Waals surface area contributed by atoms with Crippen LogP contribution < -0.4 is 10.2 Å². The molecule has 2 aromatic heterocycles. The Morgan fingerprint density at radius 2 is 2.15 bits per heavy atom. The van der Waals surface area contributed by atoms with Crippen molar-refractivity contribution in [1.29, 1.82) is 0 Å².